The van der Waals surface area contributed by atoms with E-state index in [0.29, 0.717) is 6.42 Å². The molecule has 1 rings (SSSR count). The zero-order valence-corrected chi connectivity index (χ0v) is 13.3. The Kier molecular flexibility index (Phi) is 5.82. The molecule has 0 radical (unpaired) electrons. The van der Waals surface area contributed by atoms with Crippen LogP contribution in [0.4, 0.5) is 0 Å². The first kappa shape index (κ1) is 17.2. The molecule has 8 heteroatoms. The summed E-state index contributed by atoms with van der Waals surface area (Å²) in [5, 5.41) is 9.30. The van der Waals surface area contributed by atoms with Crippen LogP contribution in [0.5, 0.6) is 0 Å². The number of nitrogens with one attached hydrogen (secondary N) is 1. The van der Waals surface area contributed by atoms with E-state index in [1.807, 2.05) is 0 Å². The molecule has 5 nitrogen and oxygen atoms in total. The van der Waals surface area contributed by atoms with Gasteiger partial charge in [0.15, 0.2) is 0 Å². The molecule has 0 aliphatic carbocycles. The van der Waals surface area contributed by atoms with E-state index in [1.165, 1.54) is 18.2 Å². The molecule has 1 aromatic carbocycles. The minimum Gasteiger partial charge on any atom is -0.480 e. The van der Waals surface area contributed by atoms with E-state index in [9.17, 15) is 13.2 Å². The Balaban J connectivity index is 3.16. The van der Waals surface area contributed by atoms with Gasteiger partial charge in [0, 0.05) is 5.02 Å². The number of halogens is 2. The summed E-state index contributed by atoms with van der Waals surface area (Å²) in [4.78, 5) is 10.9. The summed E-state index contributed by atoms with van der Waals surface area (Å²) in [6.45, 7) is 3.43. The predicted octanol–water partition coefficient (Wildman–Crippen LogP) is 2.77. The van der Waals surface area contributed by atoms with E-state index in [2.05, 4.69) is 4.72 Å². The number of hydrogen-bond donors (Lipinski definition) is 2. The molecule has 0 aliphatic rings. The minimum atomic E-state index is -4.06. The summed E-state index contributed by atoms with van der Waals surface area (Å²) in [5.74, 6) is -1.60. The molecule has 0 aliphatic heterocycles. The number of benzene rings is 1. The average molecular weight is 340 g/mol. The van der Waals surface area contributed by atoms with Crippen molar-refractivity contribution in [1.82, 2.24) is 4.72 Å². The third-order valence-electron chi connectivity index (χ3n) is 2.94. The zero-order chi connectivity index (χ0) is 15.5. The highest BCUT2D eigenvalue weighted by molar-refractivity contribution is 7.89. The maximum atomic E-state index is 12.2. The molecule has 112 valence electrons. The topological polar surface area (TPSA) is 83.5 Å². The van der Waals surface area contributed by atoms with Crippen molar-refractivity contribution in [1.29, 1.82) is 0 Å². The molecule has 0 amide bonds. The second-order valence-corrected chi connectivity index (χ2v) is 6.92. The van der Waals surface area contributed by atoms with Crippen molar-refractivity contribution >= 4 is 39.2 Å². The minimum absolute atomic E-state index is 0.0183. The van der Waals surface area contributed by atoms with Crippen LogP contribution in [0, 0.1) is 5.92 Å². The molecule has 2 atom stereocenters. The van der Waals surface area contributed by atoms with Crippen LogP contribution in [0.3, 0.4) is 0 Å². The van der Waals surface area contributed by atoms with Gasteiger partial charge < -0.3 is 5.11 Å². The fraction of sp³-hybridized carbons (Fsp3) is 0.417. The highest BCUT2D eigenvalue weighted by Gasteiger charge is 2.30. The first-order valence-corrected chi connectivity index (χ1v) is 8.13. The lowest BCUT2D eigenvalue weighted by Crippen LogP contribution is -2.44. The Morgan fingerprint density at radius 1 is 1.40 bits per heavy atom. The third-order valence-corrected chi connectivity index (χ3v) is 5.10. The number of carbonyl (C=O) groups is 1. The number of aliphatic carboxylic acids is 1. The lowest BCUT2D eigenvalue weighted by atomic mass is 10.0. The SMILES string of the molecule is CC[C@H](C)[C@H](NS(=O)(=O)c1cc(Cl)ccc1Cl)C(=O)O. The highest BCUT2D eigenvalue weighted by atomic mass is 35.5. The van der Waals surface area contributed by atoms with E-state index in [4.69, 9.17) is 28.3 Å². The Labute approximate surface area is 127 Å². The largest absolute Gasteiger partial charge is 0.480 e. The lowest BCUT2D eigenvalue weighted by molar-refractivity contribution is -0.140. The van der Waals surface area contributed by atoms with Crippen molar-refractivity contribution in [2.24, 2.45) is 5.92 Å². The zero-order valence-electron chi connectivity index (χ0n) is 10.9. The van der Waals surface area contributed by atoms with Crippen LogP contribution < -0.4 is 4.72 Å². The van der Waals surface area contributed by atoms with Gasteiger partial charge >= 0.3 is 5.97 Å². The van der Waals surface area contributed by atoms with E-state index >= 15 is 0 Å². The normalized spacial score (nSPS) is 14.8. The van der Waals surface area contributed by atoms with Gasteiger partial charge in [-0.2, -0.15) is 4.72 Å². The first-order chi connectivity index (χ1) is 9.19. The Hall–Kier alpha value is -0.820. The van der Waals surface area contributed by atoms with E-state index in [1.54, 1.807) is 13.8 Å². The highest BCUT2D eigenvalue weighted by Crippen LogP contribution is 2.25. The van der Waals surface area contributed by atoms with Crippen LogP contribution in [0.15, 0.2) is 23.1 Å². The van der Waals surface area contributed by atoms with Gasteiger partial charge in [-0.1, -0.05) is 43.5 Å². The molecule has 0 unspecified atom stereocenters. The van der Waals surface area contributed by atoms with Gasteiger partial charge in [0.2, 0.25) is 10.0 Å². The van der Waals surface area contributed by atoms with E-state index in [0.717, 1.165) is 0 Å². The predicted molar refractivity (Wildman–Crippen MR) is 77.7 cm³/mol. The van der Waals surface area contributed by atoms with Crippen LogP contribution in [0.2, 0.25) is 10.0 Å². The summed E-state index contributed by atoms with van der Waals surface area (Å²) in [7, 11) is -4.06. The molecular formula is C12H15Cl2NO4S. The number of carboxylic acid groups (broad SMARTS) is 1. The van der Waals surface area contributed by atoms with Crippen molar-refractivity contribution < 1.29 is 18.3 Å². The summed E-state index contributed by atoms with van der Waals surface area (Å²) in [6.07, 6.45) is 0.517. The molecule has 0 spiro atoms. The number of rotatable bonds is 6. The molecule has 20 heavy (non-hydrogen) atoms. The maximum Gasteiger partial charge on any atom is 0.322 e. The summed E-state index contributed by atoms with van der Waals surface area (Å²) >= 11 is 11.6. The quantitative estimate of drug-likeness (QED) is 0.834. The fourth-order valence-electron chi connectivity index (χ4n) is 1.56. The van der Waals surface area contributed by atoms with E-state index in [-0.39, 0.29) is 20.9 Å². The molecule has 1 aromatic rings. The van der Waals surface area contributed by atoms with E-state index < -0.39 is 22.0 Å². The van der Waals surface area contributed by atoms with Crippen molar-refractivity contribution in [3.63, 3.8) is 0 Å². The Bertz CT molecular complexity index is 603. The second-order valence-electron chi connectivity index (χ2n) is 4.40. The van der Waals surface area contributed by atoms with Crippen LogP contribution in [0.1, 0.15) is 20.3 Å². The smallest absolute Gasteiger partial charge is 0.322 e. The Morgan fingerprint density at radius 2 is 2.00 bits per heavy atom. The van der Waals surface area contributed by atoms with Crippen molar-refractivity contribution in [3.05, 3.63) is 28.2 Å². The molecule has 0 saturated carbocycles. The monoisotopic (exact) mass is 339 g/mol. The van der Waals surface area contributed by atoms with Gasteiger partial charge in [-0.15, -0.1) is 0 Å². The molecule has 0 fully saturated rings. The van der Waals surface area contributed by atoms with Crippen LogP contribution in [-0.2, 0) is 14.8 Å². The van der Waals surface area contributed by atoms with Gasteiger partial charge in [0.1, 0.15) is 10.9 Å². The van der Waals surface area contributed by atoms with Crippen LogP contribution >= 0.6 is 23.2 Å². The number of carboxylic acids is 1. The standard InChI is InChI=1S/C12H15Cl2NO4S/c1-3-7(2)11(12(16)17)15-20(18,19)10-6-8(13)4-5-9(10)14/h4-7,11,15H,3H2,1-2H3,(H,16,17)/t7-,11-/m0/s1. The molecule has 0 aromatic heterocycles. The summed E-state index contributed by atoms with van der Waals surface area (Å²) in [5.41, 5.74) is 0. The molecule has 2 N–H and O–H groups in total. The average Bonchev–Trinajstić information content (AvgIpc) is 2.37. The number of sulfonamides is 1. The number of hydrogen-bond acceptors (Lipinski definition) is 3. The van der Waals surface area contributed by atoms with Crippen molar-refractivity contribution in [2.75, 3.05) is 0 Å². The third kappa shape index (κ3) is 4.09. The van der Waals surface area contributed by atoms with Gasteiger partial charge in [-0.3, -0.25) is 4.79 Å². The fourth-order valence-corrected chi connectivity index (χ4v) is 3.62. The van der Waals surface area contributed by atoms with Gasteiger partial charge in [0.25, 0.3) is 0 Å². The molecule has 0 heterocycles. The maximum absolute atomic E-state index is 12.2. The molecule has 0 saturated heterocycles. The molecular weight excluding hydrogens is 325 g/mol. The Morgan fingerprint density at radius 3 is 2.50 bits per heavy atom. The van der Waals surface area contributed by atoms with Crippen LogP contribution in [0.25, 0.3) is 0 Å². The second kappa shape index (κ2) is 6.76. The van der Waals surface area contributed by atoms with Gasteiger partial charge in [0.05, 0.1) is 5.02 Å². The summed E-state index contributed by atoms with van der Waals surface area (Å²) in [6, 6.07) is 2.76. The van der Waals surface area contributed by atoms with Gasteiger partial charge in [-0.05, 0) is 24.1 Å². The first-order valence-electron chi connectivity index (χ1n) is 5.89. The van der Waals surface area contributed by atoms with Gasteiger partial charge in [-0.25, -0.2) is 8.42 Å². The molecule has 0 bridgehead atoms. The summed E-state index contributed by atoms with van der Waals surface area (Å²) < 4.78 is 26.6. The van der Waals surface area contributed by atoms with Crippen molar-refractivity contribution in [2.45, 2.75) is 31.2 Å². The lowest BCUT2D eigenvalue weighted by Gasteiger charge is -2.20. The van der Waals surface area contributed by atoms with Crippen molar-refractivity contribution in [3.8, 4) is 0 Å². The van der Waals surface area contributed by atoms with Crippen LogP contribution in [-0.4, -0.2) is 25.5 Å².